The fourth-order valence-electron chi connectivity index (χ4n) is 1.03. The number of hydrogen-bond acceptors (Lipinski definition) is 4. The Morgan fingerprint density at radius 1 is 1.50 bits per heavy atom. The van der Waals surface area contributed by atoms with Gasteiger partial charge in [0.1, 0.15) is 0 Å². The lowest BCUT2D eigenvalue weighted by Crippen LogP contribution is -2.24. The van der Waals surface area contributed by atoms with Crippen LogP contribution < -0.4 is 5.56 Å². The van der Waals surface area contributed by atoms with Crippen LogP contribution in [-0.4, -0.2) is 34.7 Å². The molecule has 0 saturated carbocycles. The molecule has 14 heavy (non-hydrogen) atoms. The van der Waals surface area contributed by atoms with E-state index >= 15 is 0 Å². The molecule has 1 rings (SSSR count). The zero-order valence-electron chi connectivity index (χ0n) is 8.14. The highest BCUT2D eigenvalue weighted by Gasteiger charge is 1.96. The van der Waals surface area contributed by atoms with Gasteiger partial charge in [-0.1, -0.05) is 0 Å². The molecule has 0 aliphatic heterocycles. The van der Waals surface area contributed by atoms with Gasteiger partial charge in [-0.15, -0.1) is 0 Å². The Bertz CT molecular complexity index is 335. The van der Waals surface area contributed by atoms with E-state index in [0.29, 0.717) is 19.8 Å². The number of aliphatic hydroxyl groups excluding tert-OH is 1. The number of hydrogen-bond donors (Lipinski definition) is 1. The van der Waals surface area contributed by atoms with E-state index in [-0.39, 0.29) is 12.2 Å². The fraction of sp³-hybridized carbons (Fsp3) is 0.556. The van der Waals surface area contributed by atoms with Crippen molar-refractivity contribution in [3.63, 3.8) is 0 Å². The summed E-state index contributed by atoms with van der Waals surface area (Å²) in [7, 11) is 0. The van der Waals surface area contributed by atoms with Gasteiger partial charge in [-0.25, -0.2) is 4.68 Å². The molecular formula is C9H14N2O3. The molecule has 1 aromatic rings. The van der Waals surface area contributed by atoms with Crippen LogP contribution in [0.5, 0.6) is 0 Å². The van der Waals surface area contributed by atoms with Crippen LogP contribution >= 0.6 is 0 Å². The van der Waals surface area contributed by atoms with Gasteiger partial charge in [-0.2, -0.15) is 5.10 Å². The summed E-state index contributed by atoms with van der Waals surface area (Å²) in [6.07, 6.45) is 0. The number of ether oxygens (including phenoxy) is 1. The molecule has 0 saturated heterocycles. The van der Waals surface area contributed by atoms with Crippen molar-refractivity contribution in [3.8, 4) is 0 Å². The molecule has 0 amide bonds. The van der Waals surface area contributed by atoms with Crippen LogP contribution in [0.25, 0.3) is 0 Å². The van der Waals surface area contributed by atoms with Gasteiger partial charge in [0.2, 0.25) is 0 Å². The van der Waals surface area contributed by atoms with Crippen molar-refractivity contribution < 1.29 is 9.84 Å². The highest BCUT2D eigenvalue weighted by atomic mass is 16.5. The lowest BCUT2D eigenvalue weighted by Gasteiger charge is -2.05. The van der Waals surface area contributed by atoms with E-state index in [1.54, 1.807) is 6.07 Å². The molecule has 0 radical (unpaired) electrons. The smallest absolute Gasteiger partial charge is 0.266 e. The zero-order valence-corrected chi connectivity index (χ0v) is 8.14. The van der Waals surface area contributed by atoms with Gasteiger partial charge >= 0.3 is 0 Å². The highest BCUT2D eigenvalue weighted by molar-refractivity contribution is 4.96. The van der Waals surface area contributed by atoms with Crippen molar-refractivity contribution in [3.05, 3.63) is 28.2 Å². The molecule has 0 aliphatic rings. The molecule has 5 nitrogen and oxygen atoms in total. The molecular weight excluding hydrogens is 184 g/mol. The Hall–Kier alpha value is -1.20. The molecule has 0 fully saturated rings. The maximum absolute atomic E-state index is 11.2. The molecule has 1 aromatic heterocycles. The summed E-state index contributed by atoms with van der Waals surface area (Å²) in [6.45, 7) is 2.92. The van der Waals surface area contributed by atoms with Gasteiger partial charge in [0, 0.05) is 6.07 Å². The van der Waals surface area contributed by atoms with E-state index in [1.807, 2.05) is 6.92 Å². The summed E-state index contributed by atoms with van der Waals surface area (Å²) < 4.78 is 6.39. The Kier molecular flexibility index (Phi) is 4.28. The first kappa shape index (κ1) is 10.9. The Morgan fingerprint density at radius 3 is 3.00 bits per heavy atom. The van der Waals surface area contributed by atoms with E-state index in [2.05, 4.69) is 5.10 Å². The topological polar surface area (TPSA) is 64.3 Å². The van der Waals surface area contributed by atoms with Crippen LogP contribution in [0.3, 0.4) is 0 Å². The minimum absolute atomic E-state index is 0.00382. The van der Waals surface area contributed by atoms with E-state index in [9.17, 15) is 4.79 Å². The molecule has 1 heterocycles. The van der Waals surface area contributed by atoms with Gasteiger partial charge in [-0.3, -0.25) is 4.79 Å². The normalized spacial score (nSPS) is 10.4. The summed E-state index contributed by atoms with van der Waals surface area (Å²) in [5, 5.41) is 12.5. The maximum Gasteiger partial charge on any atom is 0.266 e. The average Bonchev–Trinajstić information content (AvgIpc) is 2.18. The quantitative estimate of drug-likeness (QED) is 0.651. The number of aromatic nitrogens is 2. The summed E-state index contributed by atoms with van der Waals surface area (Å²) in [5.74, 6) is 0. The van der Waals surface area contributed by atoms with Crippen molar-refractivity contribution in [1.82, 2.24) is 9.78 Å². The Balaban J connectivity index is 2.49. The van der Waals surface area contributed by atoms with Crippen molar-refractivity contribution >= 4 is 0 Å². The number of nitrogens with zero attached hydrogens (tertiary/aromatic N) is 2. The minimum atomic E-state index is -0.136. The van der Waals surface area contributed by atoms with Gasteiger partial charge < -0.3 is 9.84 Å². The van der Waals surface area contributed by atoms with Gasteiger partial charge in [0.05, 0.1) is 32.1 Å². The van der Waals surface area contributed by atoms with E-state index < -0.39 is 0 Å². The average molecular weight is 198 g/mol. The summed E-state index contributed by atoms with van der Waals surface area (Å²) in [6, 6.07) is 3.15. The van der Waals surface area contributed by atoms with E-state index in [0.717, 1.165) is 5.69 Å². The zero-order chi connectivity index (χ0) is 10.4. The van der Waals surface area contributed by atoms with Crippen LogP contribution in [0.1, 0.15) is 5.69 Å². The Morgan fingerprint density at radius 2 is 2.29 bits per heavy atom. The summed E-state index contributed by atoms with van der Waals surface area (Å²) >= 11 is 0. The van der Waals surface area contributed by atoms with Gasteiger partial charge in [0.15, 0.2) is 0 Å². The first-order chi connectivity index (χ1) is 6.74. The van der Waals surface area contributed by atoms with E-state index in [1.165, 1.54) is 10.7 Å². The molecule has 78 valence electrons. The van der Waals surface area contributed by atoms with Gasteiger partial charge in [-0.05, 0) is 13.0 Å². The number of rotatable bonds is 5. The van der Waals surface area contributed by atoms with Crippen molar-refractivity contribution in [2.75, 3.05) is 19.8 Å². The van der Waals surface area contributed by atoms with E-state index in [4.69, 9.17) is 9.84 Å². The third kappa shape index (κ3) is 3.27. The largest absolute Gasteiger partial charge is 0.394 e. The van der Waals surface area contributed by atoms with Crippen LogP contribution in [-0.2, 0) is 11.3 Å². The minimum Gasteiger partial charge on any atom is -0.394 e. The van der Waals surface area contributed by atoms with Crippen LogP contribution in [0.4, 0.5) is 0 Å². The first-order valence-electron chi connectivity index (χ1n) is 4.47. The highest BCUT2D eigenvalue weighted by Crippen LogP contribution is 1.86. The van der Waals surface area contributed by atoms with Gasteiger partial charge in [0.25, 0.3) is 5.56 Å². The van der Waals surface area contributed by atoms with Crippen LogP contribution in [0.15, 0.2) is 16.9 Å². The lowest BCUT2D eigenvalue weighted by molar-refractivity contribution is 0.0846. The fourth-order valence-corrected chi connectivity index (χ4v) is 1.03. The van der Waals surface area contributed by atoms with Crippen LogP contribution in [0.2, 0.25) is 0 Å². The molecule has 0 spiro atoms. The summed E-state index contributed by atoms with van der Waals surface area (Å²) in [5.41, 5.74) is 0.662. The molecule has 1 N–H and O–H groups in total. The number of aliphatic hydroxyl groups is 1. The second-order valence-corrected chi connectivity index (χ2v) is 2.87. The monoisotopic (exact) mass is 198 g/mol. The molecule has 0 unspecified atom stereocenters. The predicted octanol–water partition coefficient (Wildman–Crippen LogP) is -0.439. The lowest BCUT2D eigenvalue weighted by atomic mass is 10.4. The second kappa shape index (κ2) is 5.51. The molecule has 0 atom stereocenters. The van der Waals surface area contributed by atoms with Crippen LogP contribution in [0, 0.1) is 6.92 Å². The first-order valence-corrected chi connectivity index (χ1v) is 4.47. The predicted molar refractivity (Wildman–Crippen MR) is 51.1 cm³/mol. The molecule has 0 aliphatic carbocycles. The summed E-state index contributed by atoms with van der Waals surface area (Å²) in [4.78, 5) is 11.2. The maximum atomic E-state index is 11.2. The van der Waals surface area contributed by atoms with Crippen molar-refractivity contribution in [1.29, 1.82) is 0 Å². The standard InChI is InChI=1S/C9H14N2O3/c1-8-2-3-9(13)11(10-8)4-6-14-7-5-12/h2-3,12H,4-7H2,1H3. The third-order valence-corrected chi connectivity index (χ3v) is 1.68. The molecule has 0 bridgehead atoms. The Labute approximate surface area is 81.9 Å². The molecule has 5 heteroatoms. The SMILES string of the molecule is Cc1ccc(=O)n(CCOCCO)n1. The second-order valence-electron chi connectivity index (χ2n) is 2.87. The molecule has 0 aromatic carbocycles. The number of aryl methyl sites for hydroxylation is 1. The third-order valence-electron chi connectivity index (χ3n) is 1.68. The van der Waals surface area contributed by atoms with Crippen molar-refractivity contribution in [2.45, 2.75) is 13.5 Å². The van der Waals surface area contributed by atoms with Crippen molar-refractivity contribution in [2.24, 2.45) is 0 Å².